The average molecular weight is 566 g/mol. The number of rotatable bonds is 13. The lowest BCUT2D eigenvalue weighted by atomic mass is 9.91. The number of ether oxygens (including phenoxy) is 1. The number of hydrogen-bond acceptors (Lipinski definition) is 8. The van der Waals surface area contributed by atoms with Gasteiger partial charge in [-0.2, -0.15) is 4.72 Å². The van der Waals surface area contributed by atoms with E-state index in [1.165, 1.54) is 19.2 Å². The molecule has 0 saturated carbocycles. The van der Waals surface area contributed by atoms with Crippen molar-refractivity contribution in [2.75, 3.05) is 20.3 Å². The summed E-state index contributed by atoms with van der Waals surface area (Å²) < 4.78 is 40.9. The topological polar surface area (TPSA) is 137 Å². The van der Waals surface area contributed by atoms with Crippen LogP contribution in [0.15, 0.2) is 59.5 Å². The third kappa shape index (κ3) is 7.93. The Labute approximate surface area is 226 Å². The van der Waals surface area contributed by atoms with Gasteiger partial charge in [0.25, 0.3) is 5.69 Å². The standard InChI is InChI=1S/C26H39N3O7SSi/c1-20(18-36-38(6,7)25(2,3)4)27-19-26(24(30)35-5,17-21-13-9-8-10-14-21)28-37(33,34)23-16-12-11-15-22(23)29(31)32/h8-16,20,27-28H,17-19H2,1-7H3/t20-,26+/m0/s1. The van der Waals surface area contributed by atoms with Gasteiger partial charge in [-0.05, 0) is 36.7 Å². The molecule has 0 saturated heterocycles. The number of nitro benzene ring substituents is 1. The van der Waals surface area contributed by atoms with Crippen molar-refractivity contribution in [1.82, 2.24) is 10.0 Å². The first kappa shape index (κ1) is 31.6. The van der Waals surface area contributed by atoms with Crippen LogP contribution in [0.4, 0.5) is 5.69 Å². The predicted molar refractivity (Wildman–Crippen MR) is 149 cm³/mol. The third-order valence-corrected chi connectivity index (χ3v) is 12.9. The molecule has 2 atom stereocenters. The number of hydrogen-bond donors (Lipinski definition) is 2. The van der Waals surface area contributed by atoms with Gasteiger partial charge >= 0.3 is 5.97 Å². The molecular weight excluding hydrogens is 526 g/mol. The zero-order valence-electron chi connectivity index (χ0n) is 23.1. The van der Waals surface area contributed by atoms with Crippen LogP contribution >= 0.6 is 0 Å². The fourth-order valence-corrected chi connectivity index (χ4v) is 6.19. The second-order valence-corrected chi connectivity index (χ2v) is 17.4. The maximum absolute atomic E-state index is 13.5. The molecule has 0 bridgehead atoms. The molecule has 210 valence electrons. The van der Waals surface area contributed by atoms with E-state index in [2.05, 4.69) is 43.9 Å². The summed E-state index contributed by atoms with van der Waals surface area (Å²) >= 11 is 0. The number of methoxy groups -OCH3 is 1. The van der Waals surface area contributed by atoms with Crippen molar-refractivity contribution in [1.29, 1.82) is 0 Å². The second kappa shape index (κ2) is 12.5. The fraction of sp³-hybridized carbons (Fsp3) is 0.500. The molecule has 2 aromatic rings. The van der Waals surface area contributed by atoms with Crippen molar-refractivity contribution in [3.05, 3.63) is 70.3 Å². The normalized spacial score (nSPS) is 14.9. The number of nitro groups is 1. The minimum Gasteiger partial charge on any atom is -0.468 e. The molecule has 2 aromatic carbocycles. The van der Waals surface area contributed by atoms with Gasteiger partial charge in [0.05, 0.1) is 12.0 Å². The summed E-state index contributed by atoms with van der Waals surface area (Å²) in [7, 11) is -5.40. The van der Waals surface area contributed by atoms with Crippen LogP contribution in [0.5, 0.6) is 0 Å². The van der Waals surface area contributed by atoms with Crippen LogP contribution in [-0.4, -0.2) is 59.5 Å². The highest BCUT2D eigenvalue weighted by atomic mass is 32.2. The lowest BCUT2D eigenvalue weighted by molar-refractivity contribution is -0.387. The van der Waals surface area contributed by atoms with Crippen molar-refractivity contribution in [3.63, 3.8) is 0 Å². The highest BCUT2D eigenvalue weighted by Crippen LogP contribution is 2.36. The largest absolute Gasteiger partial charge is 0.468 e. The van der Waals surface area contributed by atoms with Gasteiger partial charge in [0.1, 0.15) is 5.54 Å². The van der Waals surface area contributed by atoms with E-state index in [1.807, 2.05) is 6.92 Å². The van der Waals surface area contributed by atoms with Crippen LogP contribution < -0.4 is 10.0 Å². The molecule has 10 nitrogen and oxygen atoms in total. The lowest BCUT2D eigenvalue weighted by Gasteiger charge is -2.37. The lowest BCUT2D eigenvalue weighted by Crippen LogP contribution is -2.63. The van der Waals surface area contributed by atoms with Gasteiger partial charge in [0.15, 0.2) is 13.2 Å². The average Bonchev–Trinajstić information content (AvgIpc) is 2.85. The zero-order chi connectivity index (χ0) is 28.8. The summed E-state index contributed by atoms with van der Waals surface area (Å²) in [6, 6.07) is 13.6. The van der Waals surface area contributed by atoms with Gasteiger partial charge < -0.3 is 14.5 Å². The summed E-state index contributed by atoms with van der Waals surface area (Å²) in [5.41, 5.74) is -1.72. The number of nitrogens with one attached hydrogen (secondary N) is 2. The van der Waals surface area contributed by atoms with Crippen molar-refractivity contribution in [2.45, 2.75) is 68.7 Å². The monoisotopic (exact) mass is 565 g/mol. The van der Waals surface area contributed by atoms with Crippen LogP contribution in [0, 0.1) is 10.1 Å². The molecule has 0 aliphatic heterocycles. The summed E-state index contributed by atoms with van der Waals surface area (Å²) in [5, 5.41) is 14.8. The molecule has 0 aromatic heterocycles. The summed E-state index contributed by atoms with van der Waals surface area (Å²) in [4.78, 5) is 23.5. The van der Waals surface area contributed by atoms with E-state index < -0.39 is 45.4 Å². The molecule has 0 aliphatic carbocycles. The SMILES string of the molecule is COC(=O)[C@](CN[C@@H](C)CO[Si](C)(C)C(C)(C)C)(Cc1ccccc1)NS(=O)(=O)c1ccccc1[N+](=O)[O-]. The van der Waals surface area contributed by atoms with Gasteiger partial charge in [-0.3, -0.25) is 10.1 Å². The number of carbonyl (C=O) groups excluding carboxylic acids is 1. The fourth-order valence-electron chi connectivity index (χ4n) is 3.57. The number of esters is 1. The second-order valence-electron chi connectivity index (χ2n) is 10.9. The quantitative estimate of drug-likeness (QED) is 0.161. The Morgan fingerprint density at radius 3 is 2.21 bits per heavy atom. The van der Waals surface area contributed by atoms with Crippen molar-refractivity contribution in [2.24, 2.45) is 0 Å². The molecule has 0 fully saturated rings. The Kier molecular flexibility index (Phi) is 10.4. The first-order valence-corrected chi connectivity index (χ1v) is 16.7. The third-order valence-electron chi connectivity index (χ3n) is 6.86. The molecule has 38 heavy (non-hydrogen) atoms. The molecule has 0 spiro atoms. The molecule has 0 aliphatic rings. The van der Waals surface area contributed by atoms with Crippen molar-refractivity contribution in [3.8, 4) is 0 Å². The van der Waals surface area contributed by atoms with Gasteiger partial charge in [0, 0.05) is 31.7 Å². The van der Waals surface area contributed by atoms with Gasteiger partial charge in [-0.1, -0.05) is 63.2 Å². The van der Waals surface area contributed by atoms with Gasteiger partial charge in [-0.25, -0.2) is 13.2 Å². The van der Waals surface area contributed by atoms with Crippen molar-refractivity contribution >= 4 is 30.0 Å². The minimum atomic E-state index is -4.53. The Bertz CT molecular complexity index is 1220. The smallest absolute Gasteiger partial charge is 0.328 e. The molecule has 0 radical (unpaired) electrons. The zero-order valence-corrected chi connectivity index (χ0v) is 24.9. The Balaban J connectivity index is 2.44. The molecule has 0 heterocycles. The van der Waals surface area contributed by atoms with E-state index in [-0.39, 0.29) is 24.0 Å². The van der Waals surface area contributed by atoms with E-state index in [0.717, 1.165) is 12.1 Å². The van der Waals surface area contributed by atoms with Crippen LogP contribution in [0.25, 0.3) is 0 Å². The predicted octanol–water partition coefficient (Wildman–Crippen LogP) is 4.03. The van der Waals surface area contributed by atoms with Gasteiger partial charge in [0.2, 0.25) is 10.0 Å². The molecule has 2 N–H and O–H groups in total. The maximum Gasteiger partial charge on any atom is 0.328 e. The number of carbonyl (C=O) groups is 1. The first-order chi connectivity index (χ1) is 17.5. The van der Waals surface area contributed by atoms with E-state index in [0.29, 0.717) is 12.2 Å². The Morgan fingerprint density at radius 2 is 1.66 bits per heavy atom. The van der Waals surface area contributed by atoms with Gasteiger partial charge in [-0.15, -0.1) is 0 Å². The van der Waals surface area contributed by atoms with E-state index >= 15 is 0 Å². The summed E-state index contributed by atoms with van der Waals surface area (Å²) in [6.45, 7) is 12.8. The molecular formula is C26H39N3O7SSi. The Morgan fingerprint density at radius 1 is 1.08 bits per heavy atom. The van der Waals surface area contributed by atoms with Crippen molar-refractivity contribution < 1.29 is 27.3 Å². The highest BCUT2D eigenvalue weighted by Gasteiger charge is 2.45. The Hall–Kier alpha value is -2.64. The maximum atomic E-state index is 13.5. The van der Waals surface area contributed by atoms with E-state index in [9.17, 15) is 23.3 Å². The number of benzene rings is 2. The molecule has 0 unspecified atom stereocenters. The number of nitrogens with zero attached hydrogens (tertiary/aromatic N) is 1. The summed E-state index contributed by atoms with van der Waals surface area (Å²) in [6.07, 6.45) is -0.0524. The minimum absolute atomic E-state index is 0.00976. The summed E-state index contributed by atoms with van der Waals surface area (Å²) in [5.74, 6) is -0.825. The molecule has 2 rings (SSSR count). The molecule has 12 heteroatoms. The molecule has 0 amide bonds. The van der Waals surface area contributed by atoms with Crippen LogP contribution in [0.2, 0.25) is 18.1 Å². The van der Waals surface area contributed by atoms with Crippen LogP contribution in [0.3, 0.4) is 0 Å². The van der Waals surface area contributed by atoms with Crippen LogP contribution in [-0.2, 0) is 30.4 Å². The van der Waals surface area contributed by atoms with E-state index in [4.69, 9.17) is 9.16 Å². The number of sulfonamides is 1. The van der Waals surface area contributed by atoms with E-state index in [1.54, 1.807) is 30.3 Å². The first-order valence-electron chi connectivity index (χ1n) is 12.3. The highest BCUT2D eigenvalue weighted by molar-refractivity contribution is 7.89. The number of para-hydroxylation sites is 1. The van der Waals surface area contributed by atoms with Crippen LogP contribution in [0.1, 0.15) is 33.3 Å².